The van der Waals surface area contributed by atoms with Crippen LogP contribution in [-0.2, 0) is 11.2 Å². The lowest BCUT2D eigenvalue weighted by Crippen LogP contribution is -2.15. The lowest BCUT2D eigenvalue weighted by molar-refractivity contribution is -0.115. The first-order valence-corrected chi connectivity index (χ1v) is 6.29. The largest absolute Gasteiger partial charge is 0.323 e. The zero-order chi connectivity index (χ0) is 13.8. The Labute approximate surface area is 120 Å². The molecule has 0 heterocycles. The molecule has 0 spiro atoms. The summed E-state index contributed by atoms with van der Waals surface area (Å²) in [5, 5.41) is 3.38. The Bertz CT molecular complexity index is 599. The lowest BCUT2D eigenvalue weighted by atomic mass is 10.1. The Balaban J connectivity index is 2.03. The van der Waals surface area contributed by atoms with E-state index in [1.54, 1.807) is 24.3 Å². The Morgan fingerprint density at radius 3 is 2.32 bits per heavy atom. The lowest BCUT2D eigenvalue weighted by Gasteiger charge is -2.06. The molecule has 0 aliphatic carbocycles. The van der Waals surface area contributed by atoms with Gasteiger partial charge in [-0.25, -0.2) is 4.39 Å². The van der Waals surface area contributed by atoms with Crippen molar-refractivity contribution in [1.29, 1.82) is 0 Å². The molecule has 0 atom stereocenters. The molecule has 98 valence electrons. The van der Waals surface area contributed by atoms with Crippen LogP contribution in [0.5, 0.6) is 0 Å². The molecule has 0 aliphatic heterocycles. The summed E-state index contributed by atoms with van der Waals surface area (Å²) >= 11 is 11.4. The van der Waals surface area contributed by atoms with Gasteiger partial charge < -0.3 is 5.32 Å². The topological polar surface area (TPSA) is 29.1 Å². The maximum atomic E-state index is 13.5. The predicted octanol–water partition coefficient (Wildman–Crippen LogP) is 4.31. The summed E-state index contributed by atoms with van der Waals surface area (Å²) < 4.78 is 13.5. The summed E-state index contributed by atoms with van der Waals surface area (Å²) in [7, 11) is 0. The van der Waals surface area contributed by atoms with E-state index < -0.39 is 5.82 Å². The molecule has 0 saturated carbocycles. The SMILES string of the molecule is O=C(Cc1ccc(Cl)cc1)Nc1ccc(Cl)cc1F. The van der Waals surface area contributed by atoms with Crippen LogP contribution in [0.15, 0.2) is 42.5 Å². The minimum absolute atomic E-state index is 0.114. The van der Waals surface area contributed by atoms with Crippen molar-refractivity contribution in [2.75, 3.05) is 5.32 Å². The smallest absolute Gasteiger partial charge is 0.228 e. The van der Waals surface area contributed by atoms with Gasteiger partial charge >= 0.3 is 0 Å². The highest BCUT2D eigenvalue weighted by Gasteiger charge is 2.08. The standard InChI is InChI=1S/C14H10Cl2FNO/c15-10-3-1-9(2-4-10)7-14(19)18-13-6-5-11(16)8-12(13)17/h1-6,8H,7H2,(H,18,19). The minimum Gasteiger partial charge on any atom is -0.323 e. The van der Waals surface area contributed by atoms with Crippen LogP contribution in [0.1, 0.15) is 5.56 Å². The third-order valence-corrected chi connectivity index (χ3v) is 2.97. The number of carbonyl (C=O) groups excluding carboxylic acids is 1. The minimum atomic E-state index is -0.558. The Morgan fingerprint density at radius 2 is 1.68 bits per heavy atom. The van der Waals surface area contributed by atoms with E-state index in [1.165, 1.54) is 12.1 Å². The Morgan fingerprint density at radius 1 is 1.05 bits per heavy atom. The summed E-state index contributed by atoms with van der Waals surface area (Å²) in [4.78, 5) is 11.8. The van der Waals surface area contributed by atoms with E-state index in [9.17, 15) is 9.18 Å². The molecule has 19 heavy (non-hydrogen) atoms. The molecule has 0 aliphatic rings. The highest BCUT2D eigenvalue weighted by Crippen LogP contribution is 2.19. The van der Waals surface area contributed by atoms with Gasteiger partial charge in [0.05, 0.1) is 12.1 Å². The molecule has 0 fully saturated rings. The van der Waals surface area contributed by atoms with Crippen molar-refractivity contribution >= 4 is 34.8 Å². The van der Waals surface area contributed by atoms with Crippen LogP contribution in [0, 0.1) is 5.82 Å². The van der Waals surface area contributed by atoms with Gasteiger partial charge in [0.2, 0.25) is 5.91 Å². The fourth-order valence-electron chi connectivity index (χ4n) is 1.57. The molecule has 2 nitrogen and oxygen atoms in total. The van der Waals surface area contributed by atoms with E-state index in [0.717, 1.165) is 11.6 Å². The third kappa shape index (κ3) is 3.94. The molecule has 1 amide bonds. The third-order valence-electron chi connectivity index (χ3n) is 2.48. The number of rotatable bonds is 3. The van der Waals surface area contributed by atoms with Crippen LogP contribution < -0.4 is 5.32 Å². The maximum absolute atomic E-state index is 13.5. The summed E-state index contributed by atoms with van der Waals surface area (Å²) in [6.45, 7) is 0. The van der Waals surface area contributed by atoms with Gasteiger partial charge in [-0.2, -0.15) is 0 Å². The second-order valence-corrected chi connectivity index (χ2v) is 4.85. The summed E-state index contributed by atoms with van der Waals surface area (Å²) in [6.07, 6.45) is 0.152. The van der Waals surface area contributed by atoms with E-state index in [-0.39, 0.29) is 23.0 Å². The van der Waals surface area contributed by atoms with E-state index >= 15 is 0 Å². The molecule has 2 aromatic rings. The highest BCUT2D eigenvalue weighted by atomic mass is 35.5. The predicted molar refractivity (Wildman–Crippen MR) is 75.2 cm³/mol. The fourth-order valence-corrected chi connectivity index (χ4v) is 1.86. The molecule has 2 aromatic carbocycles. The first-order valence-electron chi connectivity index (χ1n) is 5.54. The molecule has 0 radical (unpaired) electrons. The average Bonchev–Trinajstić information content (AvgIpc) is 2.36. The van der Waals surface area contributed by atoms with Gasteiger partial charge in [-0.3, -0.25) is 4.79 Å². The zero-order valence-electron chi connectivity index (χ0n) is 9.79. The molecule has 0 saturated heterocycles. The number of halogens is 3. The molecular weight excluding hydrogens is 288 g/mol. The van der Waals surface area contributed by atoms with Crippen molar-refractivity contribution in [3.8, 4) is 0 Å². The molecule has 0 aromatic heterocycles. The normalized spacial score (nSPS) is 10.3. The number of hydrogen-bond donors (Lipinski definition) is 1. The van der Waals surface area contributed by atoms with Crippen LogP contribution in [0.3, 0.4) is 0 Å². The number of amides is 1. The Hall–Kier alpha value is -1.58. The van der Waals surface area contributed by atoms with Crippen molar-refractivity contribution < 1.29 is 9.18 Å². The Kier molecular flexibility index (Phi) is 4.40. The molecule has 5 heteroatoms. The molecule has 2 rings (SSSR count). The summed E-state index contributed by atoms with van der Waals surface area (Å²) in [6, 6.07) is 11.0. The van der Waals surface area contributed by atoms with Crippen LogP contribution >= 0.6 is 23.2 Å². The van der Waals surface area contributed by atoms with Crippen molar-refractivity contribution in [2.45, 2.75) is 6.42 Å². The van der Waals surface area contributed by atoms with Crippen molar-refractivity contribution in [2.24, 2.45) is 0 Å². The van der Waals surface area contributed by atoms with Gasteiger partial charge in [0.1, 0.15) is 5.82 Å². The first kappa shape index (κ1) is 13.8. The average molecular weight is 298 g/mol. The molecule has 0 unspecified atom stereocenters. The van der Waals surface area contributed by atoms with Crippen molar-refractivity contribution in [3.05, 3.63) is 63.9 Å². The number of carbonyl (C=O) groups is 1. The van der Waals surface area contributed by atoms with E-state index in [0.29, 0.717) is 5.02 Å². The second kappa shape index (κ2) is 6.04. The monoisotopic (exact) mass is 297 g/mol. The van der Waals surface area contributed by atoms with Crippen LogP contribution in [0.4, 0.5) is 10.1 Å². The quantitative estimate of drug-likeness (QED) is 0.898. The molecule has 0 bridgehead atoms. The summed E-state index contributed by atoms with van der Waals surface area (Å²) in [5.74, 6) is -0.861. The van der Waals surface area contributed by atoms with E-state index in [1.807, 2.05) is 0 Å². The van der Waals surface area contributed by atoms with Gasteiger partial charge in [-0.05, 0) is 35.9 Å². The van der Waals surface area contributed by atoms with Gasteiger partial charge in [-0.15, -0.1) is 0 Å². The van der Waals surface area contributed by atoms with Crippen molar-refractivity contribution in [3.63, 3.8) is 0 Å². The maximum Gasteiger partial charge on any atom is 0.228 e. The van der Waals surface area contributed by atoms with Crippen molar-refractivity contribution in [1.82, 2.24) is 0 Å². The number of hydrogen-bond acceptors (Lipinski definition) is 1. The van der Waals surface area contributed by atoms with Gasteiger partial charge in [0, 0.05) is 10.0 Å². The zero-order valence-corrected chi connectivity index (χ0v) is 11.3. The highest BCUT2D eigenvalue weighted by molar-refractivity contribution is 6.30. The summed E-state index contributed by atoms with van der Waals surface area (Å²) in [5.41, 5.74) is 0.916. The van der Waals surface area contributed by atoms with Crippen LogP contribution in [0.2, 0.25) is 10.0 Å². The van der Waals surface area contributed by atoms with Gasteiger partial charge in [-0.1, -0.05) is 35.3 Å². The van der Waals surface area contributed by atoms with Gasteiger partial charge in [0.15, 0.2) is 0 Å². The molecular formula is C14H10Cl2FNO. The van der Waals surface area contributed by atoms with E-state index in [4.69, 9.17) is 23.2 Å². The number of benzene rings is 2. The first-order chi connectivity index (χ1) is 9.04. The molecule has 1 N–H and O–H groups in total. The van der Waals surface area contributed by atoms with Crippen LogP contribution in [0.25, 0.3) is 0 Å². The number of anilines is 1. The van der Waals surface area contributed by atoms with E-state index in [2.05, 4.69) is 5.32 Å². The fraction of sp³-hybridized carbons (Fsp3) is 0.0714. The van der Waals surface area contributed by atoms with Gasteiger partial charge in [0.25, 0.3) is 0 Å². The van der Waals surface area contributed by atoms with Crippen LogP contribution in [-0.4, -0.2) is 5.91 Å². The second-order valence-electron chi connectivity index (χ2n) is 3.98. The number of nitrogens with one attached hydrogen (secondary N) is 1.